The van der Waals surface area contributed by atoms with Gasteiger partial charge in [-0.1, -0.05) is 30.3 Å². The number of likely N-dealkylation sites (tertiary alicyclic amines) is 1. The summed E-state index contributed by atoms with van der Waals surface area (Å²) in [6, 6.07) is 21.6. The van der Waals surface area contributed by atoms with E-state index in [4.69, 9.17) is 15.1 Å². The van der Waals surface area contributed by atoms with Crippen LogP contribution >= 0.6 is 0 Å². The number of fused-ring (bicyclic) bond motifs is 1. The molecule has 0 saturated carbocycles. The van der Waals surface area contributed by atoms with Crippen LogP contribution in [0.2, 0.25) is 0 Å². The number of amides is 1. The summed E-state index contributed by atoms with van der Waals surface area (Å²) in [7, 11) is 0. The summed E-state index contributed by atoms with van der Waals surface area (Å²) < 4.78 is 13.5. The summed E-state index contributed by atoms with van der Waals surface area (Å²) in [5.41, 5.74) is 5.15. The number of aryl methyl sites for hydroxylation is 1. The highest BCUT2D eigenvalue weighted by atomic mass is 19.1. The van der Waals surface area contributed by atoms with Crippen LogP contribution in [0.15, 0.2) is 72.8 Å². The molecular formula is C29H26FN3O3. The molecule has 3 aromatic carbocycles. The van der Waals surface area contributed by atoms with Crippen molar-refractivity contribution in [2.24, 2.45) is 0 Å². The summed E-state index contributed by atoms with van der Waals surface area (Å²) in [4.78, 5) is 35.5. The molecule has 1 N–H and O–H groups in total. The molecule has 2 heterocycles. The molecule has 1 aliphatic rings. The maximum atomic E-state index is 13.5. The van der Waals surface area contributed by atoms with E-state index in [1.54, 1.807) is 30.3 Å². The molecule has 182 valence electrons. The van der Waals surface area contributed by atoms with Gasteiger partial charge >= 0.3 is 5.97 Å². The number of rotatable bonds is 8. The Balaban J connectivity index is 1.39. The first-order valence-electron chi connectivity index (χ1n) is 12.1. The molecule has 1 aliphatic heterocycles. The number of unbranched alkanes of at least 4 members (excludes halogenated alkanes) is 1. The van der Waals surface area contributed by atoms with Crippen molar-refractivity contribution >= 4 is 22.9 Å². The molecule has 1 saturated heterocycles. The van der Waals surface area contributed by atoms with Gasteiger partial charge in [-0.3, -0.25) is 9.59 Å². The molecule has 4 aromatic rings. The van der Waals surface area contributed by atoms with Gasteiger partial charge in [-0.2, -0.15) is 0 Å². The number of carboxylic acid groups (broad SMARTS) is 1. The maximum absolute atomic E-state index is 13.5. The summed E-state index contributed by atoms with van der Waals surface area (Å²) in [5.74, 6) is -0.844. The predicted molar refractivity (Wildman–Crippen MR) is 135 cm³/mol. The first-order valence-corrected chi connectivity index (χ1v) is 12.1. The van der Waals surface area contributed by atoms with Crippen molar-refractivity contribution in [1.82, 2.24) is 14.9 Å². The van der Waals surface area contributed by atoms with Gasteiger partial charge in [0.1, 0.15) is 5.82 Å². The summed E-state index contributed by atoms with van der Waals surface area (Å²) in [6.07, 6.45) is 1.78. The van der Waals surface area contributed by atoms with Crippen LogP contribution in [0.1, 0.15) is 46.8 Å². The van der Waals surface area contributed by atoms with Gasteiger partial charge in [0.25, 0.3) is 5.91 Å². The number of hydrogen-bond donors (Lipinski definition) is 1. The number of carboxylic acids is 1. The third-order valence-corrected chi connectivity index (χ3v) is 6.59. The van der Waals surface area contributed by atoms with Gasteiger partial charge < -0.3 is 10.0 Å². The van der Waals surface area contributed by atoms with Crippen molar-refractivity contribution in [3.05, 3.63) is 95.4 Å². The van der Waals surface area contributed by atoms with Crippen LogP contribution in [0.3, 0.4) is 0 Å². The normalized spacial score (nSPS) is 13.5. The number of carbonyl (C=O) groups is 2. The van der Waals surface area contributed by atoms with E-state index in [1.165, 1.54) is 17.7 Å². The fourth-order valence-electron chi connectivity index (χ4n) is 4.57. The van der Waals surface area contributed by atoms with Gasteiger partial charge in [-0.05, 0) is 67.3 Å². The maximum Gasteiger partial charge on any atom is 0.303 e. The van der Waals surface area contributed by atoms with Crippen molar-refractivity contribution in [2.45, 2.75) is 31.6 Å². The van der Waals surface area contributed by atoms with E-state index in [2.05, 4.69) is 12.1 Å². The van der Waals surface area contributed by atoms with E-state index in [0.717, 1.165) is 5.56 Å². The second-order valence-electron chi connectivity index (χ2n) is 9.15. The lowest BCUT2D eigenvalue weighted by atomic mass is 9.91. The Labute approximate surface area is 208 Å². The van der Waals surface area contributed by atoms with Gasteiger partial charge in [0, 0.05) is 36.6 Å². The lowest BCUT2D eigenvalue weighted by Gasteiger charge is -2.39. The molecule has 1 aromatic heterocycles. The number of hydrogen-bond acceptors (Lipinski definition) is 4. The summed E-state index contributed by atoms with van der Waals surface area (Å²) >= 11 is 0. The van der Waals surface area contributed by atoms with Crippen LogP contribution in [0, 0.1) is 5.82 Å². The smallest absolute Gasteiger partial charge is 0.303 e. The average molecular weight is 484 g/mol. The fraction of sp³-hybridized carbons (Fsp3) is 0.241. The first-order chi connectivity index (χ1) is 17.5. The monoisotopic (exact) mass is 483 g/mol. The second-order valence-corrected chi connectivity index (χ2v) is 9.15. The molecule has 6 nitrogen and oxygen atoms in total. The fourth-order valence-corrected chi connectivity index (χ4v) is 4.57. The number of carbonyl (C=O) groups excluding carboxylic acids is 1. The van der Waals surface area contributed by atoms with E-state index >= 15 is 0 Å². The third-order valence-electron chi connectivity index (χ3n) is 6.59. The zero-order chi connectivity index (χ0) is 25.1. The summed E-state index contributed by atoms with van der Waals surface area (Å²) in [5, 5.41) is 8.94. The van der Waals surface area contributed by atoms with E-state index in [0.29, 0.717) is 66.3 Å². The average Bonchev–Trinajstić information content (AvgIpc) is 2.86. The van der Waals surface area contributed by atoms with E-state index in [1.807, 2.05) is 23.1 Å². The van der Waals surface area contributed by atoms with Gasteiger partial charge in [-0.15, -0.1) is 0 Å². The molecule has 0 spiro atoms. The molecule has 0 unspecified atom stereocenters. The Bertz CT molecular complexity index is 1400. The van der Waals surface area contributed by atoms with Crippen LogP contribution < -0.4 is 0 Å². The highest BCUT2D eigenvalue weighted by Crippen LogP contribution is 2.30. The molecule has 0 aliphatic carbocycles. The van der Waals surface area contributed by atoms with Gasteiger partial charge in [-0.25, -0.2) is 14.4 Å². The number of aliphatic carboxylic acids is 1. The number of benzene rings is 3. The largest absolute Gasteiger partial charge is 0.481 e. The highest BCUT2D eigenvalue weighted by Gasteiger charge is 2.32. The predicted octanol–water partition coefficient (Wildman–Crippen LogP) is 5.47. The Kier molecular flexibility index (Phi) is 6.71. The number of nitrogens with zero attached hydrogens (tertiary/aromatic N) is 3. The van der Waals surface area contributed by atoms with E-state index in [9.17, 15) is 14.0 Å². The topological polar surface area (TPSA) is 83.4 Å². The minimum Gasteiger partial charge on any atom is -0.481 e. The quantitative estimate of drug-likeness (QED) is 0.336. The Morgan fingerprint density at radius 3 is 2.39 bits per heavy atom. The minimum atomic E-state index is -0.831. The molecule has 1 amide bonds. The number of aromatic nitrogens is 2. The second kappa shape index (κ2) is 10.2. The van der Waals surface area contributed by atoms with Crippen molar-refractivity contribution in [1.29, 1.82) is 0 Å². The van der Waals surface area contributed by atoms with Gasteiger partial charge in [0.05, 0.1) is 22.4 Å². The molecule has 1 fully saturated rings. The molecule has 0 atom stereocenters. The van der Waals surface area contributed by atoms with Crippen LogP contribution in [0.4, 0.5) is 4.39 Å². The lowest BCUT2D eigenvalue weighted by Crippen LogP contribution is -2.48. The Morgan fingerprint density at radius 2 is 1.67 bits per heavy atom. The molecule has 36 heavy (non-hydrogen) atoms. The van der Waals surface area contributed by atoms with E-state index < -0.39 is 5.97 Å². The third kappa shape index (κ3) is 5.10. The van der Waals surface area contributed by atoms with Crippen LogP contribution in [0.25, 0.3) is 22.3 Å². The molecule has 0 radical (unpaired) electrons. The van der Waals surface area contributed by atoms with Crippen LogP contribution in [-0.2, 0) is 11.2 Å². The van der Waals surface area contributed by atoms with Gasteiger partial charge in [0.2, 0.25) is 0 Å². The number of halogens is 1. The Morgan fingerprint density at radius 1 is 0.917 bits per heavy atom. The van der Waals surface area contributed by atoms with Crippen molar-refractivity contribution in [3.63, 3.8) is 0 Å². The van der Waals surface area contributed by atoms with Gasteiger partial charge in [0.15, 0.2) is 0 Å². The Hall–Kier alpha value is -4.13. The van der Waals surface area contributed by atoms with Crippen LogP contribution in [-0.4, -0.2) is 44.9 Å². The SMILES string of the molecule is O=C(O)CCCCc1nc2cc(C(=O)N3CC(c4ccccc4)C3)ccc2nc1-c1ccc(F)cc1. The van der Waals surface area contributed by atoms with Crippen LogP contribution in [0.5, 0.6) is 0 Å². The van der Waals surface area contributed by atoms with E-state index in [-0.39, 0.29) is 18.1 Å². The molecule has 5 rings (SSSR count). The van der Waals surface area contributed by atoms with Crippen molar-refractivity contribution in [2.75, 3.05) is 13.1 Å². The molecular weight excluding hydrogens is 457 g/mol. The minimum absolute atomic E-state index is 0.0310. The zero-order valence-electron chi connectivity index (χ0n) is 19.7. The van der Waals surface area contributed by atoms with Crippen molar-refractivity contribution in [3.8, 4) is 11.3 Å². The highest BCUT2D eigenvalue weighted by molar-refractivity contribution is 5.98. The lowest BCUT2D eigenvalue weighted by molar-refractivity contribution is -0.137. The molecule has 7 heteroatoms. The zero-order valence-corrected chi connectivity index (χ0v) is 19.7. The van der Waals surface area contributed by atoms with Crippen molar-refractivity contribution < 1.29 is 19.1 Å². The first kappa shape index (κ1) is 23.6. The molecule has 0 bridgehead atoms. The standard InChI is InChI=1S/C29H26FN3O3/c30-23-13-10-20(11-14-23)28-25(8-4-5-9-27(34)35)31-26-16-21(12-15-24(26)32-28)29(36)33-17-22(18-33)19-6-2-1-3-7-19/h1-3,6-7,10-16,22H,4-5,8-9,17-18H2,(H,34,35). The summed E-state index contributed by atoms with van der Waals surface area (Å²) in [6.45, 7) is 1.37.